The molecule has 0 atom stereocenters. The van der Waals surface area contributed by atoms with E-state index < -0.39 is 26.9 Å². The lowest BCUT2D eigenvalue weighted by Gasteiger charge is -2.11. The maximum Gasteiger partial charge on any atom is 0.244 e. The van der Waals surface area contributed by atoms with Crippen molar-refractivity contribution in [2.24, 2.45) is 0 Å². The van der Waals surface area contributed by atoms with E-state index >= 15 is 0 Å². The van der Waals surface area contributed by atoms with Crippen molar-refractivity contribution in [1.82, 2.24) is 18.9 Å². The van der Waals surface area contributed by atoms with Gasteiger partial charge in [0.1, 0.15) is 11.6 Å². The third-order valence-corrected chi connectivity index (χ3v) is 6.68. The number of anilines is 1. The highest BCUT2D eigenvalue weighted by Crippen LogP contribution is 2.33. The number of benzene rings is 2. The number of hydrogen-bond donors (Lipinski definition) is 2. The molecular weight excluding hydrogens is 400 g/mol. The van der Waals surface area contributed by atoms with Crippen LogP contribution in [0.4, 0.5) is 14.7 Å². The van der Waals surface area contributed by atoms with Crippen LogP contribution in [-0.4, -0.2) is 32.6 Å². The van der Waals surface area contributed by atoms with Crippen molar-refractivity contribution in [2.45, 2.75) is 19.1 Å². The van der Waals surface area contributed by atoms with E-state index in [1.165, 1.54) is 12.4 Å². The van der Waals surface area contributed by atoms with E-state index in [-0.39, 0.29) is 11.5 Å². The van der Waals surface area contributed by atoms with Gasteiger partial charge in [0, 0.05) is 17.2 Å². The van der Waals surface area contributed by atoms with Gasteiger partial charge in [-0.15, -0.1) is 0 Å². The summed E-state index contributed by atoms with van der Waals surface area (Å²) in [6.07, 6.45) is 1.38. The highest BCUT2D eigenvalue weighted by atomic mass is 32.2. The highest BCUT2D eigenvalue weighted by molar-refractivity contribution is 7.90. The van der Waals surface area contributed by atoms with Gasteiger partial charge in [0.05, 0.1) is 34.0 Å². The van der Waals surface area contributed by atoms with Gasteiger partial charge < -0.3 is 10.7 Å². The fourth-order valence-corrected chi connectivity index (χ4v) is 4.25. The van der Waals surface area contributed by atoms with Crippen molar-refractivity contribution in [3.05, 3.63) is 54.4 Å². The Kier molecular flexibility index (Phi) is 4.38. The zero-order valence-electron chi connectivity index (χ0n) is 15.5. The summed E-state index contributed by atoms with van der Waals surface area (Å²) in [6.45, 7) is 3.10. The Morgan fingerprint density at radius 1 is 1.14 bits per heavy atom. The molecule has 2 aromatic carbocycles. The molecule has 0 fully saturated rings. The number of nitrogens with two attached hydrogens (primary N) is 1. The number of nitrogen functional groups attached to an aromatic ring is 1. The third-order valence-electron chi connectivity index (χ3n) is 4.60. The summed E-state index contributed by atoms with van der Waals surface area (Å²) in [6, 6.07) is 8.13. The number of halogens is 2. The Hall–Kier alpha value is -3.27. The van der Waals surface area contributed by atoms with Crippen LogP contribution in [0, 0.1) is 11.6 Å². The summed E-state index contributed by atoms with van der Waals surface area (Å²) < 4.78 is 54.0. The Morgan fingerprint density at radius 2 is 1.90 bits per heavy atom. The van der Waals surface area contributed by atoms with Crippen LogP contribution in [0.3, 0.4) is 0 Å². The van der Waals surface area contributed by atoms with Crippen molar-refractivity contribution in [1.29, 1.82) is 0 Å². The fraction of sp³-hybridized carbons (Fsp3) is 0.158. The lowest BCUT2D eigenvalue weighted by molar-refractivity contribution is 0.580. The third kappa shape index (κ3) is 3.05. The number of H-pyrrole nitrogens is 1. The number of nitrogens with one attached hydrogen (secondary N) is 1. The SMILES string of the molecule is CC(C)S(=O)(=O)n1c(N)nc2ccc(-c3nc[nH]c3-c3ccc(F)cc3F)cc21. The van der Waals surface area contributed by atoms with Crippen LogP contribution in [0.25, 0.3) is 33.5 Å². The van der Waals surface area contributed by atoms with Crippen LogP contribution in [0.1, 0.15) is 13.8 Å². The van der Waals surface area contributed by atoms with E-state index in [9.17, 15) is 17.2 Å². The molecule has 0 aliphatic carbocycles. The van der Waals surface area contributed by atoms with Gasteiger partial charge in [0.25, 0.3) is 0 Å². The lowest BCUT2D eigenvalue weighted by Crippen LogP contribution is -2.23. The average molecular weight is 417 g/mol. The molecule has 0 saturated carbocycles. The number of nitrogens with zero attached hydrogens (tertiary/aromatic N) is 3. The molecule has 0 radical (unpaired) electrons. The maximum absolute atomic E-state index is 14.3. The molecule has 0 unspecified atom stereocenters. The molecule has 2 heterocycles. The van der Waals surface area contributed by atoms with Crippen molar-refractivity contribution >= 4 is 27.0 Å². The number of aromatic nitrogens is 4. The summed E-state index contributed by atoms with van der Waals surface area (Å²) in [5.41, 5.74) is 7.95. The molecule has 2 aromatic heterocycles. The summed E-state index contributed by atoms with van der Waals surface area (Å²) >= 11 is 0. The molecule has 150 valence electrons. The number of imidazole rings is 2. The summed E-state index contributed by atoms with van der Waals surface area (Å²) in [4.78, 5) is 11.2. The molecule has 0 spiro atoms. The molecule has 0 aliphatic heterocycles. The smallest absolute Gasteiger partial charge is 0.244 e. The topological polar surface area (TPSA) is 107 Å². The first-order chi connectivity index (χ1) is 13.7. The van der Waals surface area contributed by atoms with Crippen molar-refractivity contribution in [3.63, 3.8) is 0 Å². The summed E-state index contributed by atoms with van der Waals surface area (Å²) in [5, 5.41) is -0.708. The second-order valence-electron chi connectivity index (χ2n) is 6.78. The Labute approximate surface area is 165 Å². The molecule has 0 aliphatic rings. The second kappa shape index (κ2) is 6.66. The van der Waals surface area contributed by atoms with Gasteiger partial charge in [-0.05, 0) is 38.1 Å². The second-order valence-corrected chi connectivity index (χ2v) is 9.12. The monoisotopic (exact) mass is 417 g/mol. The van der Waals surface area contributed by atoms with E-state index in [1.807, 2.05) is 0 Å². The van der Waals surface area contributed by atoms with Crippen LogP contribution >= 0.6 is 0 Å². The Morgan fingerprint density at radius 3 is 2.59 bits per heavy atom. The van der Waals surface area contributed by atoms with Gasteiger partial charge in [-0.3, -0.25) is 0 Å². The molecule has 10 heteroatoms. The van der Waals surface area contributed by atoms with E-state index in [0.29, 0.717) is 28.0 Å². The quantitative estimate of drug-likeness (QED) is 0.528. The van der Waals surface area contributed by atoms with Gasteiger partial charge in [0.2, 0.25) is 16.0 Å². The first kappa shape index (κ1) is 19.1. The average Bonchev–Trinajstić information content (AvgIpc) is 3.24. The molecule has 0 saturated heterocycles. The molecule has 7 nitrogen and oxygen atoms in total. The van der Waals surface area contributed by atoms with E-state index in [1.54, 1.807) is 32.0 Å². The summed E-state index contributed by atoms with van der Waals surface area (Å²) in [5.74, 6) is -1.57. The number of rotatable bonds is 4. The molecule has 4 aromatic rings. The maximum atomic E-state index is 14.3. The van der Waals surface area contributed by atoms with Gasteiger partial charge in [0.15, 0.2) is 0 Å². The van der Waals surface area contributed by atoms with Crippen molar-refractivity contribution < 1.29 is 17.2 Å². The standard InChI is InChI=1S/C19H17F2N5O2S/c1-10(2)29(27,28)26-16-7-11(3-6-15(16)25-19(26)22)17-18(24-9-23-17)13-5-4-12(20)8-14(13)21/h3-10H,1-2H3,(H2,22,25)(H,23,24). The lowest BCUT2D eigenvalue weighted by atomic mass is 10.0. The van der Waals surface area contributed by atoms with E-state index in [0.717, 1.165) is 16.1 Å². The number of aromatic amines is 1. The molecule has 0 bridgehead atoms. The predicted octanol–water partition coefficient (Wildman–Crippen LogP) is 3.54. The van der Waals surface area contributed by atoms with Crippen molar-refractivity contribution in [3.8, 4) is 22.5 Å². The first-order valence-corrected chi connectivity index (χ1v) is 10.2. The molecule has 29 heavy (non-hydrogen) atoms. The van der Waals surface area contributed by atoms with Crippen LogP contribution < -0.4 is 5.73 Å². The molecule has 0 amide bonds. The normalized spacial score (nSPS) is 12.2. The van der Waals surface area contributed by atoms with Gasteiger partial charge in [-0.2, -0.15) is 0 Å². The zero-order valence-corrected chi connectivity index (χ0v) is 16.3. The zero-order chi connectivity index (χ0) is 20.9. The molecule has 4 rings (SSSR count). The number of fused-ring (bicyclic) bond motifs is 1. The van der Waals surface area contributed by atoms with E-state index in [4.69, 9.17) is 5.73 Å². The summed E-state index contributed by atoms with van der Waals surface area (Å²) in [7, 11) is -3.75. The van der Waals surface area contributed by atoms with Gasteiger partial charge >= 0.3 is 0 Å². The van der Waals surface area contributed by atoms with Crippen LogP contribution in [0.2, 0.25) is 0 Å². The van der Waals surface area contributed by atoms with Crippen LogP contribution in [-0.2, 0) is 10.0 Å². The number of hydrogen-bond acceptors (Lipinski definition) is 5. The van der Waals surface area contributed by atoms with Crippen molar-refractivity contribution in [2.75, 3.05) is 5.73 Å². The minimum absolute atomic E-state index is 0.141. The minimum atomic E-state index is -3.75. The Bertz CT molecular complexity index is 1340. The fourth-order valence-electron chi connectivity index (χ4n) is 3.11. The Balaban J connectivity index is 1.93. The minimum Gasteiger partial charge on any atom is -0.368 e. The molecular formula is C19H17F2N5O2S. The van der Waals surface area contributed by atoms with Gasteiger partial charge in [-0.1, -0.05) is 6.07 Å². The predicted molar refractivity (Wildman–Crippen MR) is 107 cm³/mol. The molecule has 3 N–H and O–H groups in total. The van der Waals surface area contributed by atoms with E-state index in [2.05, 4.69) is 15.0 Å². The van der Waals surface area contributed by atoms with Crippen LogP contribution in [0.5, 0.6) is 0 Å². The van der Waals surface area contributed by atoms with Gasteiger partial charge in [-0.25, -0.2) is 31.1 Å². The largest absolute Gasteiger partial charge is 0.368 e. The highest BCUT2D eigenvalue weighted by Gasteiger charge is 2.25. The first-order valence-electron chi connectivity index (χ1n) is 8.71. The van der Waals surface area contributed by atoms with Crippen LogP contribution in [0.15, 0.2) is 42.7 Å².